The van der Waals surface area contributed by atoms with Crippen molar-refractivity contribution in [2.24, 2.45) is 0 Å². The third-order valence-corrected chi connectivity index (χ3v) is 5.03. The molecule has 0 N–H and O–H groups in total. The molecular formula is C21H26N4O3. The van der Waals surface area contributed by atoms with E-state index < -0.39 is 0 Å². The molecule has 2 aromatic heterocycles. The third kappa shape index (κ3) is 3.38. The standard InChI is InChI=1S/C21H26N4O3/c1-7-15(10-27-5)25-20-19(24-14(4)21(25)26)18(22-11-23-20)16-8-13(3)17(28-6)9-12(16)2/h8-9,11,15H,7,10H2,1-6H3. The first-order chi connectivity index (χ1) is 13.4. The Morgan fingerprint density at radius 3 is 2.50 bits per heavy atom. The van der Waals surface area contributed by atoms with E-state index in [4.69, 9.17) is 9.47 Å². The van der Waals surface area contributed by atoms with Crippen LogP contribution in [0.5, 0.6) is 5.75 Å². The number of ether oxygens (including phenoxy) is 2. The third-order valence-electron chi connectivity index (χ3n) is 5.03. The van der Waals surface area contributed by atoms with Crippen molar-refractivity contribution in [2.75, 3.05) is 20.8 Å². The smallest absolute Gasteiger partial charge is 0.273 e. The van der Waals surface area contributed by atoms with Crippen LogP contribution >= 0.6 is 0 Å². The van der Waals surface area contributed by atoms with Crippen LogP contribution in [0.3, 0.4) is 0 Å². The van der Waals surface area contributed by atoms with Gasteiger partial charge in [-0.25, -0.2) is 15.0 Å². The molecule has 3 rings (SSSR count). The van der Waals surface area contributed by atoms with E-state index in [0.717, 1.165) is 28.9 Å². The summed E-state index contributed by atoms with van der Waals surface area (Å²) in [4.78, 5) is 26.4. The molecule has 7 nitrogen and oxygen atoms in total. The first-order valence-electron chi connectivity index (χ1n) is 9.31. The quantitative estimate of drug-likeness (QED) is 0.650. The fourth-order valence-corrected chi connectivity index (χ4v) is 3.50. The highest BCUT2D eigenvalue weighted by Crippen LogP contribution is 2.32. The summed E-state index contributed by atoms with van der Waals surface area (Å²) in [5.74, 6) is 0.826. The topological polar surface area (TPSA) is 79.1 Å². The van der Waals surface area contributed by atoms with Gasteiger partial charge in [0.15, 0.2) is 5.65 Å². The van der Waals surface area contributed by atoms with Crippen LogP contribution in [0.1, 0.15) is 36.2 Å². The van der Waals surface area contributed by atoms with E-state index >= 15 is 0 Å². The zero-order chi connectivity index (χ0) is 20.4. The van der Waals surface area contributed by atoms with E-state index in [1.165, 1.54) is 6.33 Å². The van der Waals surface area contributed by atoms with Gasteiger partial charge in [0.25, 0.3) is 5.56 Å². The molecule has 148 valence electrons. The normalized spacial score (nSPS) is 12.4. The van der Waals surface area contributed by atoms with Crippen molar-refractivity contribution >= 4 is 11.2 Å². The summed E-state index contributed by atoms with van der Waals surface area (Å²) in [7, 11) is 3.29. The monoisotopic (exact) mass is 382 g/mol. The summed E-state index contributed by atoms with van der Waals surface area (Å²) in [5.41, 5.74) is 5.08. The molecule has 1 aromatic carbocycles. The summed E-state index contributed by atoms with van der Waals surface area (Å²) in [6.45, 7) is 8.17. The van der Waals surface area contributed by atoms with Gasteiger partial charge in [-0.05, 0) is 50.5 Å². The molecule has 28 heavy (non-hydrogen) atoms. The van der Waals surface area contributed by atoms with Crippen LogP contribution in [0.4, 0.5) is 0 Å². The van der Waals surface area contributed by atoms with Crippen molar-refractivity contribution in [2.45, 2.75) is 40.2 Å². The molecule has 0 amide bonds. The lowest BCUT2D eigenvalue weighted by atomic mass is 10.0. The van der Waals surface area contributed by atoms with Gasteiger partial charge in [-0.2, -0.15) is 0 Å². The second-order valence-corrected chi connectivity index (χ2v) is 6.92. The summed E-state index contributed by atoms with van der Waals surface area (Å²) in [5, 5.41) is 0. The number of fused-ring (bicyclic) bond motifs is 1. The molecule has 0 radical (unpaired) electrons. The van der Waals surface area contributed by atoms with Gasteiger partial charge in [-0.3, -0.25) is 9.36 Å². The number of methoxy groups -OCH3 is 2. The predicted molar refractivity (Wildman–Crippen MR) is 109 cm³/mol. The van der Waals surface area contributed by atoms with Gasteiger partial charge in [-0.1, -0.05) is 6.92 Å². The van der Waals surface area contributed by atoms with Crippen LogP contribution < -0.4 is 10.3 Å². The van der Waals surface area contributed by atoms with Gasteiger partial charge in [0, 0.05) is 12.7 Å². The predicted octanol–water partition coefficient (Wildman–Crippen LogP) is 3.38. The lowest BCUT2D eigenvalue weighted by Gasteiger charge is -2.20. The Morgan fingerprint density at radius 2 is 1.86 bits per heavy atom. The second-order valence-electron chi connectivity index (χ2n) is 6.92. The average Bonchev–Trinajstić information content (AvgIpc) is 2.69. The zero-order valence-electron chi connectivity index (χ0n) is 17.2. The number of aryl methyl sites for hydroxylation is 3. The molecule has 0 aliphatic heterocycles. The molecular weight excluding hydrogens is 356 g/mol. The highest BCUT2D eigenvalue weighted by Gasteiger charge is 2.21. The van der Waals surface area contributed by atoms with Gasteiger partial charge in [0.2, 0.25) is 0 Å². The maximum Gasteiger partial charge on any atom is 0.273 e. The molecule has 0 fully saturated rings. The van der Waals surface area contributed by atoms with Crippen molar-refractivity contribution < 1.29 is 9.47 Å². The molecule has 0 aliphatic carbocycles. The number of rotatable bonds is 6. The lowest BCUT2D eigenvalue weighted by molar-refractivity contribution is 0.153. The van der Waals surface area contributed by atoms with Gasteiger partial charge in [0.05, 0.1) is 19.8 Å². The van der Waals surface area contributed by atoms with Crippen LogP contribution in [-0.4, -0.2) is 40.3 Å². The maximum absolute atomic E-state index is 12.9. The summed E-state index contributed by atoms with van der Waals surface area (Å²) < 4.78 is 12.4. The molecule has 0 saturated heterocycles. The van der Waals surface area contributed by atoms with E-state index in [1.807, 2.05) is 32.9 Å². The van der Waals surface area contributed by atoms with Gasteiger partial charge < -0.3 is 9.47 Å². The summed E-state index contributed by atoms with van der Waals surface area (Å²) >= 11 is 0. The Labute approximate surface area is 164 Å². The molecule has 0 aliphatic rings. The number of hydrogen-bond donors (Lipinski definition) is 0. The summed E-state index contributed by atoms with van der Waals surface area (Å²) in [6, 6.07) is 3.90. The fourth-order valence-electron chi connectivity index (χ4n) is 3.50. The molecule has 3 aromatic rings. The Hall–Kier alpha value is -2.80. The van der Waals surface area contributed by atoms with Gasteiger partial charge >= 0.3 is 0 Å². The Balaban J connectivity index is 2.35. The van der Waals surface area contributed by atoms with E-state index in [0.29, 0.717) is 29.2 Å². The molecule has 2 heterocycles. The van der Waals surface area contributed by atoms with E-state index in [-0.39, 0.29) is 11.6 Å². The first-order valence-corrected chi connectivity index (χ1v) is 9.31. The van der Waals surface area contributed by atoms with Crippen LogP contribution in [0.15, 0.2) is 23.3 Å². The first kappa shape index (κ1) is 19.9. The zero-order valence-corrected chi connectivity index (χ0v) is 17.2. The minimum absolute atomic E-state index is 0.122. The second kappa shape index (κ2) is 8.06. The van der Waals surface area contributed by atoms with Crippen molar-refractivity contribution in [3.63, 3.8) is 0 Å². The molecule has 1 unspecified atom stereocenters. The van der Waals surface area contributed by atoms with E-state index in [2.05, 4.69) is 15.0 Å². The van der Waals surface area contributed by atoms with Crippen molar-refractivity contribution in [1.29, 1.82) is 0 Å². The number of benzene rings is 1. The van der Waals surface area contributed by atoms with Crippen molar-refractivity contribution in [3.8, 4) is 17.0 Å². The van der Waals surface area contributed by atoms with Gasteiger partial charge in [-0.15, -0.1) is 0 Å². The maximum atomic E-state index is 12.9. The SMILES string of the molecule is CCC(COC)n1c(=O)c(C)nc2c(-c3cc(C)c(OC)cc3C)ncnc21. The number of aromatic nitrogens is 4. The highest BCUT2D eigenvalue weighted by atomic mass is 16.5. The Bertz CT molecular complexity index is 1080. The Morgan fingerprint density at radius 1 is 1.11 bits per heavy atom. The molecule has 1 atom stereocenters. The van der Waals surface area contributed by atoms with Crippen LogP contribution in [0.2, 0.25) is 0 Å². The largest absolute Gasteiger partial charge is 0.496 e. The minimum atomic E-state index is -0.149. The molecule has 0 spiro atoms. The average molecular weight is 382 g/mol. The highest BCUT2D eigenvalue weighted by molar-refractivity contribution is 5.88. The van der Waals surface area contributed by atoms with Crippen LogP contribution in [-0.2, 0) is 4.74 Å². The van der Waals surface area contributed by atoms with Gasteiger partial charge in [0.1, 0.15) is 29.0 Å². The molecule has 0 saturated carbocycles. The lowest BCUT2D eigenvalue weighted by Crippen LogP contribution is -2.30. The van der Waals surface area contributed by atoms with Crippen LogP contribution in [0, 0.1) is 20.8 Å². The molecule has 7 heteroatoms. The minimum Gasteiger partial charge on any atom is -0.496 e. The van der Waals surface area contributed by atoms with Crippen molar-refractivity contribution in [1.82, 2.24) is 19.5 Å². The summed E-state index contributed by atoms with van der Waals surface area (Å²) in [6.07, 6.45) is 2.23. The Kier molecular flexibility index (Phi) is 5.74. The van der Waals surface area contributed by atoms with E-state index in [1.54, 1.807) is 25.7 Å². The molecule has 0 bridgehead atoms. The van der Waals surface area contributed by atoms with Crippen molar-refractivity contribution in [3.05, 3.63) is 45.6 Å². The number of nitrogens with zero attached hydrogens (tertiary/aromatic N) is 4. The van der Waals surface area contributed by atoms with Crippen LogP contribution in [0.25, 0.3) is 22.4 Å². The fraction of sp³-hybridized carbons (Fsp3) is 0.429. The number of hydrogen-bond acceptors (Lipinski definition) is 6. The van der Waals surface area contributed by atoms with E-state index in [9.17, 15) is 4.79 Å².